The van der Waals surface area contributed by atoms with Crippen LogP contribution in [0.25, 0.3) is 11.5 Å². The van der Waals surface area contributed by atoms with Gasteiger partial charge in [0.05, 0.1) is 6.20 Å². The molecule has 0 aliphatic carbocycles. The Bertz CT molecular complexity index is 481. The molecular weight excluding hydrogens is 212 g/mol. The zero-order valence-electron chi connectivity index (χ0n) is 9.94. The molecule has 3 nitrogen and oxygen atoms in total. The Morgan fingerprint density at radius 3 is 2.71 bits per heavy atom. The van der Waals surface area contributed by atoms with Gasteiger partial charge in [-0.3, -0.25) is 0 Å². The second kappa shape index (κ2) is 4.00. The highest BCUT2D eigenvalue weighted by molar-refractivity contribution is 5.53. The van der Waals surface area contributed by atoms with Crippen LogP contribution in [-0.2, 0) is 5.54 Å². The van der Waals surface area contributed by atoms with E-state index in [1.54, 1.807) is 12.5 Å². The average Bonchev–Trinajstić information content (AvgIpc) is 3.01. The van der Waals surface area contributed by atoms with Gasteiger partial charge in [-0.25, -0.2) is 4.98 Å². The van der Waals surface area contributed by atoms with Crippen molar-refractivity contribution in [3.63, 3.8) is 0 Å². The van der Waals surface area contributed by atoms with E-state index < -0.39 is 0 Å². The van der Waals surface area contributed by atoms with Crippen molar-refractivity contribution in [3.8, 4) is 11.5 Å². The highest BCUT2D eigenvalue weighted by atomic mass is 16.3. The van der Waals surface area contributed by atoms with Crippen LogP contribution in [0.3, 0.4) is 0 Å². The molecule has 1 saturated heterocycles. The molecule has 1 aliphatic heterocycles. The molecule has 3 heteroatoms. The Morgan fingerprint density at radius 1 is 1.29 bits per heavy atom. The van der Waals surface area contributed by atoms with Gasteiger partial charge in [0.1, 0.15) is 6.26 Å². The van der Waals surface area contributed by atoms with Gasteiger partial charge in [-0.2, -0.15) is 0 Å². The van der Waals surface area contributed by atoms with E-state index in [2.05, 4.69) is 41.5 Å². The topological polar surface area (TPSA) is 38.1 Å². The molecule has 1 N–H and O–H groups in total. The van der Waals surface area contributed by atoms with E-state index in [4.69, 9.17) is 4.42 Å². The van der Waals surface area contributed by atoms with Gasteiger partial charge in [0.25, 0.3) is 0 Å². The summed E-state index contributed by atoms with van der Waals surface area (Å²) in [6.45, 7) is 3.37. The Hall–Kier alpha value is -1.61. The maximum absolute atomic E-state index is 5.28. The molecule has 3 rings (SSSR count). The fourth-order valence-corrected chi connectivity index (χ4v) is 2.49. The van der Waals surface area contributed by atoms with Crippen LogP contribution in [0.2, 0.25) is 0 Å². The molecule has 0 spiro atoms. The van der Waals surface area contributed by atoms with Gasteiger partial charge < -0.3 is 9.73 Å². The van der Waals surface area contributed by atoms with Gasteiger partial charge >= 0.3 is 0 Å². The summed E-state index contributed by atoms with van der Waals surface area (Å²) in [7, 11) is 0. The largest absolute Gasteiger partial charge is 0.445 e. The van der Waals surface area contributed by atoms with Crippen LogP contribution >= 0.6 is 0 Å². The summed E-state index contributed by atoms with van der Waals surface area (Å²) in [4.78, 5) is 4.15. The molecule has 0 radical (unpaired) electrons. The minimum atomic E-state index is 0.134. The Morgan fingerprint density at radius 2 is 2.12 bits per heavy atom. The van der Waals surface area contributed by atoms with Gasteiger partial charge in [0.2, 0.25) is 5.89 Å². The van der Waals surface area contributed by atoms with Crippen LogP contribution in [0.4, 0.5) is 0 Å². The number of nitrogens with zero attached hydrogens (tertiary/aromatic N) is 1. The summed E-state index contributed by atoms with van der Waals surface area (Å²) < 4.78 is 5.28. The Labute approximate surface area is 101 Å². The summed E-state index contributed by atoms with van der Waals surface area (Å²) in [6, 6.07) is 8.48. The van der Waals surface area contributed by atoms with Crippen LogP contribution in [-0.4, -0.2) is 11.5 Å². The van der Waals surface area contributed by atoms with Crippen LogP contribution in [0.1, 0.15) is 25.3 Å². The molecule has 0 bridgehead atoms. The third-order valence-corrected chi connectivity index (χ3v) is 3.57. The van der Waals surface area contributed by atoms with Gasteiger partial charge in [0.15, 0.2) is 0 Å². The molecule has 2 aromatic rings. The maximum atomic E-state index is 5.28. The van der Waals surface area contributed by atoms with Crippen LogP contribution in [0, 0.1) is 0 Å². The van der Waals surface area contributed by atoms with Gasteiger partial charge in [-0.1, -0.05) is 12.1 Å². The van der Waals surface area contributed by atoms with Crippen molar-refractivity contribution in [2.75, 3.05) is 6.54 Å². The molecule has 1 atom stereocenters. The number of oxazole rings is 1. The normalized spacial score (nSPS) is 24.1. The van der Waals surface area contributed by atoms with E-state index in [9.17, 15) is 0 Å². The van der Waals surface area contributed by atoms with Gasteiger partial charge in [-0.15, -0.1) is 0 Å². The van der Waals surface area contributed by atoms with E-state index >= 15 is 0 Å². The van der Waals surface area contributed by atoms with Crippen molar-refractivity contribution in [2.45, 2.75) is 25.3 Å². The third-order valence-electron chi connectivity index (χ3n) is 3.57. The summed E-state index contributed by atoms with van der Waals surface area (Å²) in [5.41, 5.74) is 2.50. The number of rotatable bonds is 2. The van der Waals surface area contributed by atoms with Crippen molar-refractivity contribution in [1.82, 2.24) is 10.3 Å². The molecule has 1 aliphatic rings. The maximum Gasteiger partial charge on any atom is 0.225 e. The van der Waals surface area contributed by atoms with Crippen molar-refractivity contribution in [1.29, 1.82) is 0 Å². The van der Waals surface area contributed by atoms with Gasteiger partial charge in [0, 0.05) is 11.1 Å². The van der Waals surface area contributed by atoms with E-state index in [0.29, 0.717) is 5.89 Å². The Balaban J connectivity index is 1.90. The number of nitrogens with one attached hydrogen (secondary N) is 1. The standard InChI is InChI=1S/C14H16N2O/c1-14(7-2-8-16-14)12-5-3-11(4-6-12)13-15-9-10-17-13/h3-6,9-10,16H,2,7-8H2,1H3. The first kappa shape index (κ1) is 10.5. The Kier molecular flexibility index (Phi) is 2.48. The van der Waals surface area contributed by atoms with Gasteiger partial charge in [-0.05, 0) is 44.0 Å². The number of aromatic nitrogens is 1. The average molecular weight is 228 g/mol. The number of benzene rings is 1. The zero-order chi connectivity index (χ0) is 11.7. The molecular formula is C14H16N2O. The minimum absolute atomic E-state index is 0.134. The first-order valence-electron chi connectivity index (χ1n) is 6.03. The molecule has 88 valence electrons. The minimum Gasteiger partial charge on any atom is -0.445 e. The van der Waals surface area contributed by atoms with Crippen molar-refractivity contribution in [3.05, 3.63) is 42.3 Å². The first-order chi connectivity index (χ1) is 8.28. The van der Waals surface area contributed by atoms with Crippen molar-refractivity contribution < 1.29 is 4.42 Å². The molecule has 2 heterocycles. The van der Waals surface area contributed by atoms with E-state index in [-0.39, 0.29) is 5.54 Å². The third kappa shape index (κ3) is 1.87. The monoisotopic (exact) mass is 228 g/mol. The molecule has 1 aromatic heterocycles. The molecule has 1 aromatic carbocycles. The van der Waals surface area contributed by atoms with E-state index in [0.717, 1.165) is 12.1 Å². The summed E-state index contributed by atoms with van der Waals surface area (Å²) >= 11 is 0. The molecule has 1 fully saturated rings. The summed E-state index contributed by atoms with van der Waals surface area (Å²) in [6.07, 6.45) is 5.72. The lowest BCUT2D eigenvalue weighted by Crippen LogP contribution is -2.32. The first-order valence-corrected chi connectivity index (χ1v) is 6.03. The lowest BCUT2D eigenvalue weighted by molar-refractivity contribution is 0.435. The van der Waals surface area contributed by atoms with Crippen molar-refractivity contribution >= 4 is 0 Å². The summed E-state index contributed by atoms with van der Waals surface area (Å²) in [5.74, 6) is 0.682. The lowest BCUT2D eigenvalue weighted by atomic mass is 9.90. The molecule has 1 unspecified atom stereocenters. The fraction of sp³-hybridized carbons (Fsp3) is 0.357. The SMILES string of the molecule is CC1(c2ccc(-c3ncco3)cc2)CCCN1. The van der Waals surface area contributed by atoms with E-state index in [1.807, 2.05) is 0 Å². The number of hydrogen-bond donors (Lipinski definition) is 1. The highest BCUT2D eigenvalue weighted by Gasteiger charge is 2.29. The van der Waals surface area contributed by atoms with Crippen LogP contribution in [0.15, 0.2) is 41.1 Å². The smallest absolute Gasteiger partial charge is 0.225 e. The van der Waals surface area contributed by atoms with Crippen LogP contribution in [0.5, 0.6) is 0 Å². The summed E-state index contributed by atoms with van der Waals surface area (Å²) in [5, 5.41) is 3.56. The predicted octanol–water partition coefficient (Wildman–Crippen LogP) is 2.94. The van der Waals surface area contributed by atoms with Crippen molar-refractivity contribution in [2.24, 2.45) is 0 Å². The number of hydrogen-bond acceptors (Lipinski definition) is 3. The second-order valence-corrected chi connectivity index (χ2v) is 4.78. The zero-order valence-corrected chi connectivity index (χ0v) is 9.94. The highest BCUT2D eigenvalue weighted by Crippen LogP contribution is 2.31. The quantitative estimate of drug-likeness (QED) is 0.858. The second-order valence-electron chi connectivity index (χ2n) is 4.78. The van der Waals surface area contributed by atoms with E-state index in [1.165, 1.54) is 18.4 Å². The lowest BCUT2D eigenvalue weighted by Gasteiger charge is -2.25. The molecule has 0 amide bonds. The fourth-order valence-electron chi connectivity index (χ4n) is 2.49. The predicted molar refractivity (Wildman–Crippen MR) is 66.5 cm³/mol. The van der Waals surface area contributed by atoms with Crippen LogP contribution < -0.4 is 5.32 Å². The molecule has 0 saturated carbocycles. The molecule has 17 heavy (non-hydrogen) atoms.